The van der Waals surface area contributed by atoms with Crippen molar-refractivity contribution in [3.05, 3.63) is 34.6 Å². The number of carbonyl (C=O) groups excluding carboxylic acids is 1. The Morgan fingerprint density at radius 1 is 1.38 bits per heavy atom. The number of hydrogen-bond acceptors (Lipinski definition) is 2. The first-order valence-electron chi connectivity index (χ1n) is 3.88. The Labute approximate surface area is 87.1 Å². The molecule has 1 aromatic carbocycles. The van der Waals surface area contributed by atoms with E-state index in [0.29, 0.717) is 6.07 Å². The van der Waals surface area contributed by atoms with Crippen LogP contribution in [-0.4, -0.2) is 5.91 Å². The van der Waals surface area contributed by atoms with E-state index in [9.17, 15) is 22.4 Å². The fraction of sp³-hybridized carbons (Fsp3) is 0.111. The molecule has 1 amide bonds. The zero-order valence-electron chi connectivity index (χ0n) is 7.60. The van der Waals surface area contributed by atoms with Gasteiger partial charge in [-0.2, -0.15) is 18.4 Å². The standard InChI is InChI=1S/C9H4F4N2O/c10-7-2-6(9(11,12)13)4(3-14)1-5(7)8(15)16/h1-2H,(H2,15,16). The zero-order chi connectivity index (χ0) is 12.5. The Morgan fingerprint density at radius 3 is 2.31 bits per heavy atom. The van der Waals surface area contributed by atoms with Gasteiger partial charge in [0.05, 0.1) is 22.8 Å². The first-order valence-corrected chi connectivity index (χ1v) is 3.88. The number of alkyl halides is 3. The van der Waals surface area contributed by atoms with Crippen LogP contribution in [0.25, 0.3) is 0 Å². The van der Waals surface area contributed by atoms with Gasteiger partial charge in [-0.3, -0.25) is 4.79 Å². The minimum absolute atomic E-state index is 0.0820. The van der Waals surface area contributed by atoms with Crippen LogP contribution in [0.15, 0.2) is 12.1 Å². The van der Waals surface area contributed by atoms with Crippen molar-refractivity contribution in [3.8, 4) is 6.07 Å². The third kappa shape index (κ3) is 2.11. The number of hydrogen-bond donors (Lipinski definition) is 1. The van der Waals surface area contributed by atoms with Crippen LogP contribution in [0.5, 0.6) is 0 Å². The van der Waals surface area contributed by atoms with Crippen molar-refractivity contribution in [2.24, 2.45) is 5.73 Å². The molecule has 3 nitrogen and oxygen atoms in total. The molecule has 0 aliphatic carbocycles. The molecule has 1 rings (SSSR count). The second-order valence-corrected chi connectivity index (χ2v) is 2.85. The van der Waals surface area contributed by atoms with Crippen molar-refractivity contribution in [2.45, 2.75) is 6.18 Å². The van der Waals surface area contributed by atoms with Crippen LogP contribution >= 0.6 is 0 Å². The highest BCUT2D eigenvalue weighted by molar-refractivity contribution is 5.93. The molecule has 0 bridgehead atoms. The lowest BCUT2D eigenvalue weighted by atomic mass is 10.0. The summed E-state index contributed by atoms with van der Waals surface area (Å²) in [5.74, 6) is -2.64. The van der Waals surface area contributed by atoms with Crippen LogP contribution in [0.1, 0.15) is 21.5 Å². The van der Waals surface area contributed by atoms with E-state index in [-0.39, 0.29) is 6.07 Å². The molecule has 84 valence electrons. The lowest BCUT2D eigenvalue weighted by Gasteiger charge is -2.09. The molecule has 7 heteroatoms. The number of nitrogens with zero attached hydrogens (tertiary/aromatic N) is 1. The van der Waals surface area contributed by atoms with E-state index >= 15 is 0 Å². The van der Waals surface area contributed by atoms with Gasteiger partial charge in [0.2, 0.25) is 0 Å². The average molecular weight is 232 g/mol. The number of nitrogens with two attached hydrogens (primary N) is 1. The number of amides is 1. The van der Waals surface area contributed by atoms with Crippen molar-refractivity contribution in [1.29, 1.82) is 5.26 Å². The van der Waals surface area contributed by atoms with Crippen molar-refractivity contribution < 1.29 is 22.4 Å². The number of primary amides is 1. The Hall–Kier alpha value is -2.10. The maximum absolute atomic E-state index is 13.0. The summed E-state index contributed by atoms with van der Waals surface area (Å²) in [7, 11) is 0. The summed E-state index contributed by atoms with van der Waals surface area (Å²) in [4.78, 5) is 10.6. The number of benzene rings is 1. The molecule has 0 spiro atoms. The molecule has 0 saturated carbocycles. The second kappa shape index (κ2) is 3.81. The summed E-state index contributed by atoms with van der Waals surface area (Å²) < 4.78 is 50.0. The van der Waals surface area contributed by atoms with E-state index < -0.39 is 34.6 Å². The van der Waals surface area contributed by atoms with Crippen molar-refractivity contribution >= 4 is 5.91 Å². The van der Waals surface area contributed by atoms with E-state index in [0.717, 1.165) is 0 Å². The van der Waals surface area contributed by atoms with Gasteiger partial charge in [0.25, 0.3) is 5.91 Å². The lowest BCUT2D eigenvalue weighted by molar-refractivity contribution is -0.138. The quantitative estimate of drug-likeness (QED) is 0.750. The summed E-state index contributed by atoms with van der Waals surface area (Å²) in [6.45, 7) is 0. The molecular formula is C9H4F4N2O. The monoisotopic (exact) mass is 232 g/mol. The van der Waals surface area contributed by atoms with Gasteiger partial charge in [-0.15, -0.1) is 0 Å². The first kappa shape index (κ1) is 12.0. The summed E-state index contributed by atoms with van der Waals surface area (Å²) in [6.07, 6.45) is -4.86. The molecular weight excluding hydrogens is 228 g/mol. The Bertz CT molecular complexity index is 488. The number of nitriles is 1. The Balaban J connectivity index is 3.52. The maximum Gasteiger partial charge on any atom is 0.417 e. The van der Waals surface area contributed by atoms with Gasteiger partial charge in [0.15, 0.2) is 0 Å². The largest absolute Gasteiger partial charge is 0.417 e. The van der Waals surface area contributed by atoms with Gasteiger partial charge in [0.1, 0.15) is 5.82 Å². The summed E-state index contributed by atoms with van der Waals surface area (Å²) in [5.41, 5.74) is 1.70. The smallest absolute Gasteiger partial charge is 0.366 e. The molecule has 0 aliphatic heterocycles. The van der Waals surface area contributed by atoms with Crippen molar-refractivity contribution in [3.63, 3.8) is 0 Å². The fourth-order valence-electron chi connectivity index (χ4n) is 1.09. The van der Waals surface area contributed by atoms with Gasteiger partial charge < -0.3 is 5.73 Å². The molecule has 0 fully saturated rings. The maximum atomic E-state index is 13.0. The van der Waals surface area contributed by atoms with E-state index in [1.54, 1.807) is 0 Å². The van der Waals surface area contributed by atoms with Crippen molar-refractivity contribution in [1.82, 2.24) is 0 Å². The van der Waals surface area contributed by atoms with Gasteiger partial charge in [-0.25, -0.2) is 4.39 Å². The number of carbonyl (C=O) groups is 1. The highest BCUT2D eigenvalue weighted by atomic mass is 19.4. The van der Waals surface area contributed by atoms with E-state index in [1.165, 1.54) is 6.07 Å². The zero-order valence-corrected chi connectivity index (χ0v) is 7.60. The van der Waals surface area contributed by atoms with Gasteiger partial charge in [-0.05, 0) is 12.1 Å². The molecule has 0 saturated heterocycles. The third-order valence-corrected chi connectivity index (χ3v) is 1.80. The summed E-state index contributed by atoms with van der Waals surface area (Å²) >= 11 is 0. The SMILES string of the molecule is N#Cc1cc(C(N)=O)c(F)cc1C(F)(F)F. The Morgan fingerprint density at radius 2 is 1.94 bits per heavy atom. The molecule has 0 radical (unpaired) electrons. The predicted octanol–water partition coefficient (Wildman–Crippen LogP) is 1.82. The molecule has 0 heterocycles. The van der Waals surface area contributed by atoms with E-state index in [2.05, 4.69) is 0 Å². The van der Waals surface area contributed by atoms with Crippen molar-refractivity contribution in [2.75, 3.05) is 0 Å². The topological polar surface area (TPSA) is 66.9 Å². The highest BCUT2D eigenvalue weighted by Crippen LogP contribution is 2.33. The van der Waals surface area contributed by atoms with E-state index in [1.807, 2.05) is 0 Å². The number of rotatable bonds is 1. The molecule has 0 atom stereocenters. The summed E-state index contributed by atoms with van der Waals surface area (Å²) in [5, 5.41) is 8.45. The fourth-order valence-corrected chi connectivity index (χ4v) is 1.09. The first-order chi connectivity index (χ1) is 7.27. The van der Waals surface area contributed by atoms with Crippen LogP contribution in [0.4, 0.5) is 17.6 Å². The number of halogens is 4. The highest BCUT2D eigenvalue weighted by Gasteiger charge is 2.35. The van der Waals surface area contributed by atoms with Crippen LogP contribution in [-0.2, 0) is 6.18 Å². The van der Waals surface area contributed by atoms with Crippen LogP contribution in [0, 0.1) is 17.1 Å². The minimum atomic E-state index is -4.86. The molecule has 1 aromatic rings. The average Bonchev–Trinajstić information content (AvgIpc) is 2.15. The summed E-state index contributed by atoms with van der Waals surface area (Å²) in [6, 6.07) is 1.80. The molecule has 2 N–H and O–H groups in total. The lowest BCUT2D eigenvalue weighted by Crippen LogP contribution is -2.16. The second-order valence-electron chi connectivity index (χ2n) is 2.85. The van der Waals surface area contributed by atoms with E-state index in [4.69, 9.17) is 11.0 Å². The predicted molar refractivity (Wildman–Crippen MR) is 44.6 cm³/mol. The van der Waals surface area contributed by atoms with Crippen LogP contribution in [0.2, 0.25) is 0 Å². The molecule has 16 heavy (non-hydrogen) atoms. The molecule has 0 aliphatic rings. The van der Waals surface area contributed by atoms with Crippen LogP contribution < -0.4 is 5.73 Å². The van der Waals surface area contributed by atoms with Gasteiger partial charge in [-0.1, -0.05) is 0 Å². The van der Waals surface area contributed by atoms with Crippen LogP contribution in [0.3, 0.4) is 0 Å². The normalized spacial score (nSPS) is 10.9. The Kier molecular flexibility index (Phi) is 2.85. The molecule has 0 aromatic heterocycles. The third-order valence-electron chi connectivity index (χ3n) is 1.80. The minimum Gasteiger partial charge on any atom is -0.366 e. The molecule has 0 unspecified atom stereocenters. The van der Waals surface area contributed by atoms with Gasteiger partial charge >= 0.3 is 6.18 Å². The van der Waals surface area contributed by atoms with Gasteiger partial charge in [0, 0.05) is 0 Å².